The molecule has 0 aliphatic heterocycles. The number of carbonyl (C=O) groups excluding carboxylic acids is 1. The smallest absolute Gasteiger partial charge is 0.402 e. The van der Waals surface area contributed by atoms with Gasteiger partial charge in [-0.2, -0.15) is 17.2 Å². The lowest BCUT2D eigenvalue weighted by atomic mass is 9.59. The molecule has 0 aromatic heterocycles. The van der Waals surface area contributed by atoms with Gasteiger partial charge in [-0.25, -0.2) is 0 Å². The standard InChI is InChI=1S/C21H18F2O5S/c1-2-12-7-8-15-16(9-12)17-10-18(19(15)14-6-4-3-5-13(14)17)20(24)28-11-21(22,23)29(25,26)27/h2-9,17-19H,1,10-11H2,(H,25,26,27). The predicted molar refractivity (Wildman–Crippen MR) is 102 cm³/mol. The van der Waals surface area contributed by atoms with Crippen molar-refractivity contribution in [2.45, 2.75) is 23.5 Å². The van der Waals surface area contributed by atoms with Gasteiger partial charge in [-0.3, -0.25) is 9.35 Å². The number of rotatable bonds is 5. The number of ether oxygens (including phenoxy) is 1. The molecule has 8 heteroatoms. The first-order chi connectivity index (χ1) is 13.6. The average molecular weight is 420 g/mol. The molecule has 152 valence electrons. The summed E-state index contributed by atoms with van der Waals surface area (Å²) in [6.45, 7) is 2.06. The van der Waals surface area contributed by atoms with Crippen molar-refractivity contribution in [1.82, 2.24) is 0 Å². The van der Waals surface area contributed by atoms with Gasteiger partial charge in [0.15, 0.2) is 6.61 Å². The van der Waals surface area contributed by atoms with Gasteiger partial charge in [-0.05, 0) is 34.2 Å². The summed E-state index contributed by atoms with van der Waals surface area (Å²) < 4.78 is 61.8. The van der Waals surface area contributed by atoms with Crippen LogP contribution in [0.2, 0.25) is 0 Å². The number of esters is 1. The number of hydrogen-bond donors (Lipinski definition) is 1. The molecule has 5 nitrogen and oxygen atoms in total. The fourth-order valence-electron chi connectivity index (χ4n) is 4.40. The Labute approximate surface area is 166 Å². The number of carbonyl (C=O) groups is 1. The molecule has 0 saturated carbocycles. The van der Waals surface area contributed by atoms with Crippen molar-refractivity contribution in [2.75, 3.05) is 6.61 Å². The molecule has 0 heterocycles. The van der Waals surface area contributed by atoms with Crippen molar-refractivity contribution in [2.24, 2.45) is 5.92 Å². The number of alkyl halides is 2. The van der Waals surface area contributed by atoms with Crippen LogP contribution >= 0.6 is 0 Å². The summed E-state index contributed by atoms with van der Waals surface area (Å²) in [7, 11) is -5.66. The van der Waals surface area contributed by atoms with E-state index in [4.69, 9.17) is 4.55 Å². The van der Waals surface area contributed by atoms with Crippen LogP contribution in [0.5, 0.6) is 0 Å². The van der Waals surface area contributed by atoms with Crippen LogP contribution in [0.25, 0.3) is 6.08 Å². The molecule has 29 heavy (non-hydrogen) atoms. The van der Waals surface area contributed by atoms with Gasteiger partial charge in [-0.15, -0.1) is 0 Å². The maximum absolute atomic E-state index is 13.5. The van der Waals surface area contributed by atoms with Crippen molar-refractivity contribution in [3.05, 3.63) is 76.9 Å². The zero-order valence-electron chi connectivity index (χ0n) is 15.2. The van der Waals surface area contributed by atoms with E-state index in [0.29, 0.717) is 6.42 Å². The average Bonchev–Trinajstić information content (AvgIpc) is 2.70. The van der Waals surface area contributed by atoms with Gasteiger partial charge in [0.25, 0.3) is 0 Å². The second kappa shape index (κ2) is 6.74. The normalized spacial score (nSPS) is 22.5. The van der Waals surface area contributed by atoms with Gasteiger partial charge in [0.2, 0.25) is 0 Å². The highest BCUT2D eigenvalue weighted by atomic mass is 32.2. The first kappa shape index (κ1) is 19.7. The maximum atomic E-state index is 13.5. The molecular weight excluding hydrogens is 402 g/mol. The Hall–Kier alpha value is -2.58. The Morgan fingerprint density at radius 1 is 1.17 bits per heavy atom. The summed E-state index contributed by atoms with van der Waals surface area (Å²) in [5, 5.41) is -4.55. The van der Waals surface area contributed by atoms with E-state index in [-0.39, 0.29) is 11.8 Å². The fourth-order valence-corrected chi connectivity index (χ4v) is 4.61. The molecule has 3 aliphatic rings. The lowest BCUT2D eigenvalue weighted by Crippen LogP contribution is -2.40. The van der Waals surface area contributed by atoms with Crippen LogP contribution in [0.4, 0.5) is 8.78 Å². The molecule has 0 fully saturated rings. The summed E-state index contributed by atoms with van der Waals surface area (Å²) in [5.74, 6) is -2.12. The quantitative estimate of drug-likeness (QED) is 0.585. The van der Waals surface area contributed by atoms with Gasteiger partial charge >= 0.3 is 21.3 Å². The third kappa shape index (κ3) is 3.16. The van der Waals surface area contributed by atoms with Crippen molar-refractivity contribution >= 4 is 22.2 Å². The summed E-state index contributed by atoms with van der Waals surface area (Å²) in [6.07, 6.45) is 2.10. The van der Waals surface area contributed by atoms with Gasteiger partial charge in [-0.1, -0.05) is 55.1 Å². The Morgan fingerprint density at radius 2 is 1.83 bits per heavy atom. The Morgan fingerprint density at radius 3 is 2.48 bits per heavy atom. The van der Waals surface area contributed by atoms with Gasteiger partial charge in [0, 0.05) is 11.8 Å². The zero-order valence-corrected chi connectivity index (χ0v) is 16.0. The summed E-state index contributed by atoms with van der Waals surface area (Å²) in [4.78, 5) is 12.7. The van der Waals surface area contributed by atoms with E-state index in [2.05, 4.69) is 11.3 Å². The summed E-state index contributed by atoms with van der Waals surface area (Å²) in [6, 6.07) is 13.5. The van der Waals surface area contributed by atoms with E-state index in [1.54, 1.807) is 6.08 Å². The Bertz CT molecular complexity index is 1110. The minimum Gasteiger partial charge on any atom is -0.458 e. The maximum Gasteiger partial charge on any atom is 0.402 e. The molecule has 5 rings (SSSR count). The van der Waals surface area contributed by atoms with Crippen LogP contribution in [-0.2, 0) is 19.6 Å². The van der Waals surface area contributed by atoms with E-state index in [9.17, 15) is 22.0 Å². The molecule has 2 aromatic rings. The lowest BCUT2D eigenvalue weighted by molar-refractivity contribution is -0.155. The highest BCUT2D eigenvalue weighted by molar-refractivity contribution is 7.86. The monoisotopic (exact) mass is 420 g/mol. The molecule has 0 spiro atoms. The van der Waals surface area contributed by atoms with Crippen LogP contribution in [0.3, 0.4) is 0 Å². The number of benzene rings is 2. The molecule has 3 unspecified atom stereocenters. The van der Waals surface area contributed by atoms with E-state index in [0.717, 1.165) is 27.8 Å². The van der Waals surface area contributed by atoms with Gasteiger partial charge < -0.3 is 4.74 Å². The first-order valence-electron chi connectivity index (χ1n) is 9.00. The predicted octanol–water partition coefficient (Wildman–Crippen LogP) is 3.95. The van der Waals surface area contributed by atoms with Crippen LogP contribution in [0.1, 0.15) is 46.1 Å². The zero-order chi connectivity index (χ0) is 21.0. The third-order valence-electron chi connectivity index (χ3n) is 5.72. The van der Waals surface area contributed by atoms with Crippen LogP contribution in [0, 0.1) is 5.92 Å². The molecule has 2 bridgehead atoms. The lowest BCUT2D eigenvalue weighted by Gasteiger charge is -2.44. The van der Waals surface area contributed by atoms with Crippen LogP contribution < -0.4 is 0 Å². The second-order valence-electron chi connectivity index (χ2n) is 7.31. The van der Waals surface area contributed by atoms with E-state index >= 15 is 0 Å². The molecule has 0 saturated heterocycles. The summed E-state index contributed by atoms with van der Waals surface area (Å²) in [5.41, 5.74) is 4.96. The summed E-state index contributed by atoms with van der Waals surface area (Å²) >= 11 is 0. The molecule has 3 aliphatic carbocycles. The van der Waals surface area contributed by atoms with Crippen LogP contribution in [0.15, 0.2) is 49.0 Å². The minimum atomic E-state index is -5.66. The number of fused-ring (bicyclic) bond motifs is 1. The molecule has 0 amide bonds. The minimum absolute atomic E-state index is 0.106. The van der Waals surface area contributed by atoms with E-state index < -0.39 is 33.9 Å². The molecule has 1 N–H and O–H groups in total. The van der Waals surface area contributed by atoms with Crippen molar-refractivity contribution < 1.29 is 31.3 Å². The molecule has 3 atom stereocenters. The largest absolute Gasteiger partial charge is 0.458 e. The number of halogens is 2. The van der Waals surface area contributed by atoms with Crippen molar-refractivity contribution in [1.29, 1.82) is 0 Å². The highest BCUT2D eigenvalue weighted by Crippen LogP contribution is 2.55. The second-order valence-corrected chi connectivity index (χ2v) is 8.86. The highest BCUT2D eigenvalue weighted by Gasteiger charge is 2.49. The Kier molecular flexibility index (Phi) is 4.59. The third-order valence-corrected chi connectivity index (χ3v) is 6.59. The Balaban J connectivity index is 1.69. The van der Waals surface area contributed by atoms with Gasteiger partial charge in [0.1, 0.15) is 0 Å². The van der Waals surface area contributed by atoms with E-state index in [1.807, 2.05) is 42.5 Å². The first-order valence-corrected chi connectivity index (χ1v) is 10.4. The molecule has 2 aromatic carbocycles. The number of hydrogen-bond acceptors (Lipinski definition) is 4. The van der Waals surface area contributed by atoms with Crippen molar-refractivity contribution in [3.8, 4) is 0 Å². The van der Waals surface area contributed by atoms with Gasteiger partial charge in [0.05, 0.1) is 5.92 Å². The van der Waals surface area contributed by atoms with Crippen molar-refractivity contribution in [3.63, 3.8) is 0 Å². The van der Waals surface area contributed by atoms with E-state index in [1.165, 1.54) is 0 Å². The topological polar surface area (TPSA) is 80.7 Å². The molecular formula is C21H18F2O5S. The SMILES string of the molecule is C=Cc1ccc2c(c1)C1CC(C(=O)OCC(F)(F)S(=O)(=O)O)C2c2ccccc21. The fraction of sp³-hybridized carbons (Fsp3) is 0.286. The van der Waals surface area contributed by atoms with Crippen LogP contribution in [-0.4, -0.2) is 30.8 Å². The molecule has 0 radical (unpaired) electrons.